The number of nitrogens with one attached hydrogen (secondary N) is 2. The third kappa shape index (κ3) is 3.53. The van der Waals surface area contributed by atoms with Crippen molar-refractivity contribution in [2.45, 2.75) is 6.10 Å². The number of carbonyl (C=O) groups excluding carboxylic acids is 1. The van der Waals surface area contributed by atoms with Crippen molar-refractivity contribution in [3.05, 3.63) is 64.4 Å². The summed E-state index contributed by atoms with van der Waals surface area (Å²) in [6.07, 6.45) is -1.16. The summed E-state index contributed by atoms with van der Waals surface area (Å²) in [5.41, 5.74) is 1.50. The van der Waals surface area contributed by atoms with Crippen molar-refractivity contribution < 1.29 is 18.7 Å². The summed E-state index contributed by atoms with van der Waals surface area (Å²) in [4.78, 5) is 23.4. The Morgan fingerprint density at radius 3 is 2.84 bits per heavy atom. The number of oxazole rings is 1. The van der Waals surface area contributed by atoms with Crippen LogP contribution in [-0.2, 0) is 7.05 Å². The second-order valence-electron chi connectivity index (χ2n) is 5.48. The number of carbonyl (C=O) groups is 1. The molecule has 0 aliphatic heterocycles. The predicted molar refractivity (Wildman–Crippen MR) is 89.8 cm³/mol. The Morgan fingerprint density at radius 1 is 1.32 bits per heavy atom. The Labute approximate surface area is 141 Å². The van der Waals surface area contributed by atoms with Crippen LogP contribution in [0.1, 0.15) is 11.7 Å². The van der Waals surface area contributed by atoms with Crippen LogP contribution in [0.15, 0.2) is 51.7 Å². The van der Waals surface area contributed by atoms with Crippen molar-refractivity contribution in [2.24, 2.45) is 7.05 Å². The zero-order valence-corrected chi connectivity index (χ0v) is 13.3. The molecule has 0 aliphatic rings. The lowest BCUT2D eigenvalue weighted by atomic mass is 10.1. The van der Waals surface area contributed by atoms with E-state index in [4.69, 9.17) is 4.42 Å². The second kappa shape index (κ2) is 6.78. The molecule has 0 bridgehead atoms. The van der Waals surface area contributed by atoms with E-state index in [0.29, 0.717) is 16.8 Å². The summed E-state index contributed by atoms with van der Waals surface area (Å²) in [7, 11) is 1.56. The number of aliphatic hydroxyl groups is 1. The Morgan fingerprint density at radius 2 is 2.08 bits per heavy atom. The molecule has 1 heterocycles. The highest BCUT2D eigenvalue weighted by molar-refractivity contribution is 5.91. The van der Waals surface area contributed by atoms with Crippen molar-refractivity contribution in [1.82, 2.24) is 9.88 Å². The fourth-order valence-electron chi connectivity index (χ4n) is 2.42. The molecular formula is C17H16FN3O4. The average molecular weight is 345 g/mol. The number of rotatable bonds is 4. The van der Waals surface area contributed by atoms with Gasteiger partial charge in [0.05, 0.1) is 11.6 Å². The smallest absolute Gasteiger partial charge is 0.408 e. The Balaban J connectivity index is 1.64. The van der Waals surface area contributed by atoms with Gasteiger partial charge in [-0.3, -0.25) is 4.57 Å². The van der Waals surface area contributed by atoms with Crippen LogP contribution < -0.4 is 16.4 Å². The Hall–Kier alpha value is -3.13. The number of hydrogen-bond acceptors (Lipinski definition) is 4. The predicted octanol–water partition coefficient (Wildman–Crippen LogP) is 2.13. The van der Waals surface area contributed by atoms with Crippen LogP contribution in [0.2, 0.25) is 0 Å². The molecule has 8 heteroatoms. The van der Waals surface area contributed by atoms with Crippen LogP contribution in [0.5, 0.6) is 0 Å². The summed E-state index contributed by atoms with van der Waals surface area (Å²) in [5.74, 6) is -1.03. The van der Waals surface area contributed by atoms with Crippen LogP contribution >= 0.6 is 0 Å². The number of hydrogen-bond donors (Lipinski definition) is 3. The SMILES string of the molecule is Cn1c(=O)oc2ccc(NC(=O)NCC(O)c3ccccc3F)cc21. The average Bonchev–Trinajstić information content (AvgIpc) is 2.87. The molecule has 0 spiro atoms. The normalized spacial score (nSPS) is 12.1. The molecule has 1 atom stereocenters. The Bertz CT molecular complexity index is 979. The van der Waals surface area contributed by atoms with Crippen LogP contribution in [0.25, 0.3) is 11.1 Å². The number of anilines is 1. The van der Waals surface area contributed by atoms with E-state index in [1.807, 2.05) is 0 Å². The number of halogens is 1. The van der Waals surface area contributed by atoms with Crippen LogP contribution in [-0.4, -0.2) is 22.2 Å². The van der Waals surface area contributed by atoms with Crippen molar-refractivity contribution in [3.63, 3.8) is 0 Å². The standard InChI is InChI=1S/C17H16FN3O4/c1-21-13-8-10(6-7-15(13)25-17(21)24)20-16(23)19-9-14(22)11-4-2-3-5-12(11)18/h2-8,14,22H,9H2,1H3,(H2,19,20,23). The molecule has 0 radical (unpaired) electrons. The van der Waals surface area contributed by atoms with Gasteiger partial charge in [-0.25, -0.2) is 14.0 Å². The molecule has 1 unspecified atom stereocenters. The topological polar surface area (TPSA) is 96.5 Å². The molecule has 1 aromatic heterocycles. The lowest BCUT2D eigenvalue weighted by molar-refractivity contribution is 0.170. The first-order valence-electron chi connectivity index (χ1n) is 7.52. The van der Waals surface area contributed by atoms with Gasteiger partial charge in [0, 0.05) is 24.8 Å². The summed E-state index contributed by atoms with van der Waals surface area (Å²) >= 11 is 0. The quantitative estimate of drug-likeness (QED) is 0.675. The minimum absolute atomic E-state index is 0.109. The highest BCUT2D eigenvalue weighted by Gasteiger charge is 2.14. The maximum absolute atomic E-state index is 13.6. The van der Waals surface area contributed by atoms with Gasteiger partial charge in [-0.15, -0.1) is 0 Å². The van der Waals surface area contributed by atoms with Gasteiger partial charge in [0.25, 0.3) is 0 Å². The molecule has 0 fully saturated rings. The molecule has 0 saturated heterocycles. The number of urea groups is 1. The van der Waals surface area contributed by atoms with Crippen LogP contribution in [0.3, 0.4) is 0 Å². The van der Waals surface area contributed by atoms with E-state index < -0.39 is 23.7 Å². The van der Waals surface area contributed by atoms with E-state index >= 15 is 0 Å². The molecular weight excluding hydrogens is 329 g/mol. The molecule has 3 N–H and O–H groups in total. The molecule has 130 valence electrons. The van der Waals surface area contributed by atoms with Gasteiger partial charge in [0.15, 0.2) is 5.58 Å². The van der Waals surface area contributed by atoms with Crippen molar-refractivity contribution >= 4 is 22.8 Å². The van der Waals surface area contributed by atoms with Crippen molar-refractivity contribution in [1.29, 1.82) is 0 Å². The lowest BCUT2D eigenvalue weighted by Crippen LogP contribution is -2.32. The van der Waals surface area contributed by atoms with Crippen molar-refractivity contribution in [3.8, 4) is 0 Å². The van der Waals surface area contributed by atoms with E-state index in [2.05, 4.69) is 10.6 Å². The molecule has 0 aliphatic carbocycles. The van der Waals surface area contributed by atoms with Gasteiger partial charge in [-0.2, -0.15) is 0 Å². The fourth-order valence-corrected chi connectivity index (χ4v) is 2.42. The number of amides is 2. The summed E-state index contributed by atoms with van der Waals surface area (Å²) in [5, 5.41) is 15.0. The molecule has 3 rings (SSSR count). The summed E-state index contributed by atoms with van der Waals surface area (Å²) < 4.78 is 19.9. The fraction of sp³-hybridized carbons (Fsp3) is 0.176. The zero-order valence-electron chi connectivity index (χ0n) is 13.3. The highest BCUT2D eigenvalue weighted by atomic mass is 19.1. The van der Waals surface area contributed by atoms with Crippen molar-refractivity contribution in [2.75, 3.05) is 11.9 Å². The van der Waals surface area contributed by atoms with Crippen LogP contribution in [0.4, 0.5) is 14.9 Å². The minimum Gasteiger partial charge on any atom is -0.408 e. The van der Waals surface area contributed by atoms with E-state index in [1.165, 1.54) is 22.8 Å². The number of aliphatic hydroxyl groups excluding tert-OH is 1. The number of aromatic nitrogens is 1. The molecule has 2 aromatic carbocycles. The largest absolute Gasteiger partial charge is 0.419 e. The molecule has 3 aromatic rings. The van der Waals surface area contributed by atoms with Gasteiger partial charge < -0.3 is 20.2 Å². The number of benzene rings is 2. The minimum atomic E-state index is -1.16. The molecule has 25 heavy (non-hydrogen) atoms. The first-order chi connectivity index (χ1) is 12.0. The first kappa shape index (κ1) is 16.7. The Kier molecular flexibility index (Phi) is 4.53. The molecule has 0 saturated carbocycles. The first-order valence-corrected chi connectivity index (χ1v) is 7.52. The summed E-state index contributed by atoms with van der Waals surface area (Å²) in [6.45, 7) is -0.154. The molecule has 2 amide bonds. The van der Waals surface area contributed by atoms with E-state index in [9.17, 15) is 19.1 Å². The lowest BCUT2D eigenvalue weighted by Gasteiger charge is -2.13. The number of aryl methyl sites for hydroxylation is 1. The van der Waals surface area contributed by atoms with Gasteiger partial charge in [-0.1, -0.05) is 18.2 Å². The van der Waals surface area contributed by atoms with E-state index in [0.717, 1.165) is 0 Å². The van der Waals surface area contributed by atoms with Gasteiger partial charge in [-0.05, 0) is 24.3 Å². The monoisotopic (exact) mass is 345 g/mol. The zero-order chi connectivity index (χ0) is 18.0. The summed E-state index contributed by atoms with van der Waals surface area (Å²) in [6, 6.07) is 9.99. The van der Waals surface area contributed by atoms with E-state index in [-0.39, 0.29) is 12.1 Å². The maximum atomic E-state index is 13.6. The number of fused-ring (bicyclic) bond motifs is 1. The van der Waals surface area contributed by atoms with Gasteiger partial charge in [0.1, 0.15) is 5.82 Å². The maximum Gasteiger partial charge on any atom is 0.419 e. The van der Waals surface area contributed by atoms with Crippen LogP contribution in [0, 0.1) is 5.82 Å². The van der Waals surface area contributed by atoms with E-state index in [1.54, 1.807) is 31.3 Å². The third-order valence-corrected chi connectivity index (χ3v) is 3.77. The second-order valence-corrected chi connectivity index (χ2v) is 5.48. The number of nitrogens with zero attached hydrogens (tertiary/aromatic N) is 1. The van der Waals surface area contributed by atoms with Gasteiger partial charge in [0.2, 0.25) is 0 Å². The highest BCUT2D eigenvalue weighted by Crippen LogP contribution is 2.18. The molecule has 7 nitrogen and oxygen atoms in total. The van der Waals surface area contributed by atoms with Gasteiger partial charge >= 0.3 is 11.8 Å². The third-order valence-electron chi connectivity index (χ3n) is 3.77.